The summed E-state index contributed by atoms with van der Waals surface area (Å²) in [6.45, 7) is 1.37. The molecule has 0 saturated carbocycles. The van der Waals surface area contributed by atoms with Crippen LogP contribution < -0.4 is 0 Å². The van der Waals surface area contributed by atoms with E-state index in [1.54, 1.807) is 42.5 Å². The lowest BCUT2D eigenvalue weighted by Gasteiger charge is -2.32. The van der Waals surface area contributed by atoms with E-state index in [9.17, 15) is 14.4 Å². The van der Waals surface area contributed by atoms with Gasteiger partial charge in [0.25, 0.3) is 17.7 Å². The van der Waals surface area contributed by atoms with Crippen LogP contribution in [0.4, 0.5) is 0 Å². The van der Waals surface area contributed by atoms with Gasteiger partial charge in [0.1, 0.15) is 5.82 Å². The second kappa shape index (κ2) is 8.47. The lowest BCUT2D eigenvalue weighted by atomic mass is 9.96. The molecule has 3 amide bonds. The number of hydrogen-bond donors (Lipinski definition) is 0. The number of piperidine rings is 1. The van der Waals surface area contributed by atoms with E-state index in [0.29, 0.717) is 29.8 Å². The number of aromatic nitrogens is 3. The van der Waals surface area contributed by atoms with Crippen LogP contribution >= 0.6 is 0 Å². The van der Waals surface area contributed by atoms with Gasteiger partial charge in [-0.2, -0.15) is 0 Å². The quantitative estimate of drug-likeness (QED) is 0.430. The first-order valence-electron chi connectivity index (χ1n) is 11.7. The van der Waals surface area contributed by atoms with Crippen LogP contribution in [-0.2, 0) is 6.54 Å². The maximum atomic E-state index is 13.4. The second-order valence-corrected chi connectivity index (χ2v) is 9.02. The topological polar surface area (TPSA) is 87.9 Å². The highest BCUT2D eigenvalue weighted by molar-refractivity contribution is 6.21. The number of carbonyl (C=O) groups excluding carboxylic acids is 3. The largest absolute Gasteiger partial charge is 0.338 e. The van der Waals surface area contributed by atoms with Gasteiger partial charge in [-0.15, -0.1) is 10.2 Å². The van der Waals surface area contributed by atoms with Crippen molar-refractivity contribution in [3.63, 3.8) is 0 Å². The number of fused-ring (bicyclic) bond motifs is 2. The van der Waals surface area contributed by atoms with Crippen LogP contribution in [0.3, 0.4) is 0 Å². The maximum absolute atomic E-state index is 13.4. The van der Waals surface area contributed by atoms with Gasteiger partial charge in [0, 0.05) is 30.8 Å². The zero-order chi connectivity index (χ0) is 23.9. The van der Waals surface area contributed by atoms with Gasteiger partial charge < -0.3 is 4.90 Å². The van der Waals surface area contributed by atoms with Gasteiger partial charge in [-0.05, 0) is 54.8 Å². The fourth-order valence-electron chi connectivity index (χ4n) is 5.06. The van der Waals surface area contributed by atoms with Gasteiger partial charge in [0.05, 0.1) is 17.7 Å². The Balaban J connectivity index is 1.20. The highest BCUT2D eigenvalue weighted by Crippen LogP contribution is 2.28. The van der Waals surface area contributed by atoms with Crippen molar-refractivity contribution in [1.82, 2.24) is 24.4 Å². The van der Waals surface area contributed by atoms with E-state index in [1.165, 1.54) is 4.90 Å². The Kier molecular flexibility index (Phi) is 5.13. The number of benzene rings is 2. The first kappa shape index (κ1) is 21.2. The van der Waals surface area contributed by atoms with Crippen LogP contribution in [0, 0.1) is 0 Å². The van der Waals surface area contributed by atoms with E-state index in [0.717, 1.165) is 29.9 Å². The number of rotatable bonds is 4. The minimum Gasteiger partial charge on any atom is -0.338 e. The number of likely N-dealkylation sites (tertiary alicyclic amines) is 1. The first-order chi connectivity index (χ1) is 17.1. The predicted molar refractivity (Wildman–Crippen MR) is 128 cm³/mol. The van der Waals surface area contributed by atoms with Crippen molar-refractivity contribution in [3.8, 4) is 0 Å². The molecule has 1 fully saturated rings. The van der Waals surface area contributed by atoms with Crippen LogP contribution in [0.1, 0.15) is 61.2 Å². The summed E-state index contributed by atoms with van der Waals surface area (Å²) in [5, 5.41) is 8.65. The Morgan fingerprint density at radius 1 is 0.914 bits per heavy atom. The Morgan fingerprint density at radius 3 is 2.49 bits per heavy atom. The summed E-state index contributed by atoms with van der Waals surface area (Å²) < 4.78 is 1.99. The summed E-state index contributed by atoms with van der Waals surface area (Å²) in [5.41, 5.74) is 2.93. The van der Waals surface area contributed by atoms with Crippen LogP contribution in [0.2, 0.25) is 0 Å². The van der Waals surface area contributed by atoms with E-state index in [1.807, 2.05) is 39.8 Å². The number of amides is 3. The molecule has 2 aromatic carbocycles. The highest BCUT2D eigenvalue weighted by atomic mass is 16.2. The van der Waals surface area contributed by atoms with Gasteiger partial charge >= 0.3 is 0 Å². The molecule has 2 aliphatic rings. The normalized spacial score (nSPS) is 17.8. The number of hydrogen-bond acceptors (Lipinski definition) is 5. The van der Waals surface area contributed by atoms with Gasteiger partial charge in [0.2, 0.25) is 0 Å². The van der Waals surface area contributed by atoms with Crippen molar-refractivity contribution in [2.24, 2.45) is 0 Å². The van der Waals surface area contributed by atoms with Crippen molar-refractivity contribution >= 4 is 23.4 Å². The van der Waals surface area contributed by atoms with Crippen LogP contribution in [0.15, 0.2) is 72.9 Å². The van der Waals surface area contributed by atoms with Crippen molar-refractivity contribution in [2.75, 3.05) is 13.1 Å². The third-order valence-electron chi connectivity index (χ3n) is 6.81. The zero-order valence-electron chi connectivity index (χ0n) is 19.0. The van der Waals surface area contributed by atoms with Crippen molar-refractivity contribution < 1.29 is 14.4 Å². The molecule has 8 heteroatoms. The third-order valence-corrected chi connectivity index (χ3v) is 6.81. The molecule has 174 valence electrons. The maximum Gasteiger partial charge on any atom is 0.261 e. The average molecular weight is 466 g/mol. The lowest BCUT2D eigenvalue weighted by Crippen LogP contribution is -2.39. The molecule has 1 unspecified atom stereocenters. The fourth-order valence-corrected chi connectivity index (χ4v) is 5.06. The van der Waals surface area contributed by atoms with E-state index >= 15 is 0 Å². The second-order valence-electron chi connectivity index (χ2n) is 9.02. The highest BCUT2D eigenvalue weighted by Gasteiger charge is 2.35. The van der Waals surface area contributed by atoms with Crippen LogP contribution in [0.5, 0.6) is 0 Å². The third kappa shape index (κ3) is 3.67. The summed E-state index contributed by atoms with van der Waals surface area (Å²) in [7, 11) is 0. The molecule has 2 aromatic heterocycles. The molecule has 0 radical (unpaired) electrons. The monoisotopic (exact) mass is 465 g/mol. The van der Waals surface area contributed by atoms with Crippen LogP contribution in [-0.4, -0.2) is 55.2 Å². The summed E-state index contributed by atoms with van der Waals surface area (Å²) in [6.07, 6.45) is 3.78. The van der Waals surface area contributed by atoms with E-state index < -0.39 is 0 Å². The van der Waals surface area contributed by atoms with Gasteiger partial charge in [-0.3, -0.25) is 23.7 Å². The molecule has 1 saturated heterocycles. The summed E-state index contributed by atoms with van der Waals surface area (Å²) in [4.78, 5) is 42.0. The minimum absolute atomic E-state index is 0.0623. The molecule has 4 heterocycles. The van der Waals surface area contributed by atoms with E-state index in [4.69, 9.17) is 0 Å². The Hall–Kier alpha value is -4.33. The zero-order valence-corrected chi connectivity index (χ0v) is 19.0. The summed E-state index contributed by atoms with van der Waals surface area (Å²) >= 11 is 0. The number of pyridine rings is 1. The Bertz CT molecular complexity index is 1440. The molecule has 0 aliphatic carbocycles. The SMILES string of the molecule is O=C(c1cccc(CN2C(=O)c3ccccc3C2=O)c1)N1CCCC(c2nnc3ccccn23)C1. The fraction of sp³-hybridized carbons (Fsp3) is 0.222. The first-order valence-corrected chi connectivity index (χ1v) is 11.7. The minimum atomic E-state index is -0.304. The van der Waals surface area contributed by atoms with E-state index in [-0.39, 0.29) is 30.2 Å². The summed E-state index contributed by atoms with van der Waals surface area (Å²) in [5.74, 6) is 0.306. The van der Waals surface area contributed by atoms with Gasteiger partial charge in [-0.25, -0.2) is 0 Å². The number of carbonyl (C=O) groups is 3. The predicted octanol–water partition coefficient (Wildman–Crippen LogP) is 3.55. The average Bonchev–Trinajstić information content (AvgIpc) is 3.44. The molecule has 0 N–H and O–H groups in total. The molecule has 0 spiro atoms. The van der Waals surface area contributed by atoms with E-state index in [2.05, 4.69) is 10.2 Å². The Morgan fingerprint density at radius 2 is 1.69 bits per heavy atom. The molecule has 8 nitrogen and oxygen atoms in total. The molecule has 4 aromatic rings. The number of nitrogens with zero attached hydrogens (tertiary/aromatic N) is 5. The molecule has 6 rings (SSSR count). The number of imide groups is 1. The molecular formula is C27H23N5O3. The van der Waals surface area contributed by atoms with Crippen molar-refractivity contribution in [1.29, 1.82) is 0 Å². The Labute approximate surface area is 201 Å². The van der Waals surface area contributed by atoms with Crippen molar-refractivity contribution in [2.45, 2.75) is 25.3 Å². The molecular weight excluding hydrogens is 442 g/mol. The van der Waals surface area contributed by atoms with Gasteiger partial charge in [-0.1, -0.05) is 30.3 Å². The van der Waals surface area contributed by atoms with Gasteiger partial charge in [0.15, 0.2) is 5.65 Å². The lowest BCUT2D eigenvalue weighted by molar-refractivity contribution is 0.0642. The molecule has 1 atom stereocenters. The molecule has 0 bridgehead atoms. The van der Waals surface area contributed by atoms with Crippen molar-refractivity contribution in [3.05, 3.63) is 101 Å². The van der Waals surface area contributed by atoms with Crippen LogP contribution in [0.25, 0.3) is 5.65 Å². The smallest absolute Gasteiger partial charge is 0.261 e. The molecule has 2 aliphatic heterocycles. The summed E-state index contributed by atoms with van der Waals surface area (Å²) in [6, 6.07) is 19.8. The molecule has 35 heavy (non-hydrogen) atoms. The standard InChI is InChI=1S/C27H23N5O3/c33-25(30-13-6-9-20(17-30)24-29-28-23-12-3-4-14-31(23)24)19-8-5-7-18(15-19)16-32-26(34)21-10-1-2-11-22(21)27(32)35/h1-5,7-8,10-12,14-15,20H,6,9,13,16-17H2.